The highest BCUT2D eigenvalue weighted by Gasteiger charge is 2.13. The standard InChI is InChI=1S/C18H25IO4/c1-11(2)16(21)8-12(3)6-5-7-15(20)13-9-14(19)18(22)17(10-13)23-4/h5,9-11,15-16,20-22H,7-8H2,1-4H3/t6?,15-,16-/m1/s1. The van der Waals surface area contributed by atoms with Crippen LogP contribution in [0.15, 0.2) is 29.5 Å². The van der Waals surface area contributed by atoms with Gasteiger partial charge in [0, 0.05) is 12.8 Å². The van der Waals surface area contributed by atoms with E-state index < -0.39 is 6.10 Å². The van der Waals surface area contributed by atoms with Gasteiger partial charge in [-0.1, -0.05) is 13.8 Å². The molecule has 4 nitrogen and oxygen atoms in total. The molecule has 128 valence electrons. The lowest BCUT2D eigenvalue weighted by Crippen LogP contribution is -2.14. The van der Waals surface area contributed by atoms with Crippen molar-refractivity contribution in [2.24, 2.45) is 5.92 Å². The maximum Gasteiger partial charge on any atom is 0.171 e. The first-order valence-corrected chi connectivity index (χ1v) is 8.67. The molecule has 3 N–H and O–H groups in total. The van der Waals surface area contributed by atoms with Crippen molar-refractivity contribution in [2.45, 2.75) is 45.8 Å². The minimum Gasteiger partial charge on any atom is -0.504 e. The van der Waals surface area contributed by atoms with Gasteiger partial charge < -0.3 is 20.1 Å². The smallest absolute Gasteiger partial charge is 0.171 e. The fourth-order valence-electron chi connectivity index (χ4n) is 2.03. The van der Waals surface area contributed by atoms with E-state index in [0.717, 1.165) is 5.57 Å². The highest BCUT2D eigenvalue weighted by molar-refractivity contribution is 14.1. The Balaban J connectivity index is 2.78. The molecule has 0 aromatic heterocycles. The van der Waals surface area contributed by atoms with Gasteiger partial charge >= 0.3 is 0 Å². The Labute approximate surface area is 151 Å². The zero-order valence-electron chi connectivity index (χ0n) is 14.0. The number of halogens is 1. The SMILES string of the molecule is COc1cc([C@H](O)CC=C=C(C)C[C@@H](O)C(C)C)cc(I)c1O. The van der Waals surface area contributed by atoms with Crippen LogP contribution in [0.25, 0.3) is 0 Å². The molecule has 2 atom stereocenters. The van der Waals surface area contributed by atoms with Crippen molar-refractivity contribution in [3.05, 3.63) is 38.6 Å². The van der Waals surface area contributed by atoms with E-state index in [9.17, 15) is 15.3 Å². The average Bonchev–Trinajstić information content (AvgIpc) is 2.49. The third-order valence-corrected chi connectivity index (χ3v) is 4.45. The summed E-state index contributed by atoms with van der Waals surface area (Å²) in [5.41, 5.74) is 4.75. The van der Waals surface area contributed by atoms with Crippen molar-refractivity contribution in [3.63, 3.8) is 0 Å². The van der Waals surface area contributed by atoms with Crippen molar-refractivity contribution < 1.29 is 20.1 Å². The third-order valence-electron chi connectivity index (χ3n) is 3.63. The van der Waals surface area contributed by atoms with Gasteiger partial charge in [-0.2, -0.15) is 0 Å². The van der Waals surface area contributed by atoms with Gasteiger partial charge in [-0.05, 0) is 64.8 Å². The van der Waals surface area contributed by atoms with Crippen molar-refractivity contribution in [1.29, 1.82) is 0 Å². The Kier molecular flexibility index (Phi) is 8.12. The van der Waals surface area contributed by atoms with E-state index in [0.29, 0.717) is 27.7 Å². The number of aliphatic hydroxyl groups is 2. The minimum atomic E-state index is -0.701. The van der Waals surface area contributed by atoms with Gasteiger partial charge in [0.25, 0.3) is 0 Å². The molecular weight excluding hydrogens is 407 g/mol. The number of hydrogen-bond acceptors (Lipinski definition) is 4. The van der Waals surface area contributed by atoms with Gasteiger partial charge in [0.2, 0.25) is 0 Å². The summed E-state index contributed by atoms with van der Waals surface area (Å²) in [6.45, 7) is 5.87. The topological polar surface area (TPSA) is 69.9 Å². The summed E-state index contributed by atoms with van der Waals surface area (Å²) in [7, 11) is 1.48. The molecule has 0 unspecified atom stereocenters. The number of phenols is 1. The zero-order chi connectivity index (χ0) is 17.6. The number of rotatable bonds is 7. The molecule has 0 saturated carbocycles. The van der Waals surface area contributed by atoms with Crippen LogP contribution >= 0.6 is 22.6 Å². The van der Waals surface area contributed by atoms with Gasteiger partial charge in [-0.3, -0.25) is 0 Å². The molecule has 0 bridgehead atoms. The Morgan fingerprint density at radius 2 is 2.00 bits per heavy atom. The quantitative estimate of drug-likeness (QED) is 0.451. The second-order valence-electron chi connectivity index (χ2n) is 5.95. The minimum absolute atomic E-state index is 0.0815. The fraction of sp³-hybridized carbons (Fsp3) is 0.500. The number of aromatic hydroxyl groups is 1. The molecule has 0 fully saturated rings. The lowest BCUT2D eigenvalue weighted by molar-refractivity contribution is 0.125. The lowest BCUT2D eigenvalue weighted by atomic mass is 10.0. The van der Waals surface area contributed by atoms with Crippen LogP contribution in [-0.4, -0.2) is 28.5 Å². The number of benzene rings is 1. The van der Waals surface area contributed by atoms with Crippen LogP contribution < -0.4 is 4.74 Å². The largest absolute Gasteiger partial charge is 0.504 e. The molecule has 0 heterocycles. The number of ether oxygens (including phenoxy) is 1. The van der Waals surface area contributed by atoms with Gasteiger partial charge in [-0.25, -0.2) is 0 Å². The summed E-state index contributed by atoms with van der Waals surface area (Å²) < 4.78 is 5.73. The molecule has 1 aromatic rings. The highest BCUT2D eigenvalue weighted by Crippen LogP contribution is 2.35. The molecule has 0 saturated heterocycles. The number of phenolic OH excluding ortho intramolecular Hbond substituents is 1. The molecule has 23 heavy (non-hydrogen) atoms. The van der Waals surface area contributed by atoms with Crippen LogP contribution in [-0.2, 0) is 0 Å². The summed E-state index contributed by atoms with van der Waals surface area (Å²) in [5.74, 6) is 0.642. The molecule has 0 aliphatic heterocycles. The monoisotopic (exact) mass is 432 g/mol. The lowest BCUT2D eigenvalue weighted by Gasteiger charge is -2.13. The van der Waals surface area contributed by atoms with Gasteiger partial charge in [0.05, 0.1) is 22.9 Å². The van der Waals surface area contributed by atoms with Crippen LogP contribution in [0.3, 0.4) is 0 Å². The van der Waals surface area contributed by atoms with Crippen LogP contribution in [0.5, 0.6) is 11.5 Å². The van der Waals surface area contributed by atoms with E-state index in [1.165, 1.54) is 7.11 Å². The Hall–Kier alpha value is -1.01. The number of hydrogen-bond donors (Lipinski definition) is 3. The summed E-state index contributed by atoms with van der Waals surface area (Å²) in [6.07, 6.45) is 1.69. The normalized spacial score (nSPS) is 13.4. The van der Waals surface area contributed by atoms with E-state index in [1.54, 1.807) is 18.2 Å². The van der Waals surface area contributed by atoms with Crippen molar-refractivity contribution in [3.8, 4) is 11.5 Å². The fourth-order valence-corrected chi connectivity index (χ4v) is 2.66. The molecule has 1 aromatic carbocycles. The average molecular weight is 432 g/mol. The van der Waals surface area contributed by atoms with E-state index >= 15 is 0 Å². The predicted molar refractivity (Wildman–Crippen MR) is 99.7 cm³/mol. The van der Waals surface area contributed by atoms with E-state index in [2.05, 4.69) is 5.73 Å². The Bertz CT molecular complexity index is 589. The third kappa shape index (κ3) is 6.18. The Morgan fingerprint density at radius 3 is 2.57 bits per heavy atom. The molecule has 0 aliphatic rings. The van der Waals surface area contributed by atoms with E-state index in [4.69, 9.17) is 4.74 Å². The first kappa shape index (κ1) is 20.0. The highest BCUT2D eigenvalue weighted by atomic mass is 127. The van der Waals surface area contributed by atoms with E-state index in [-0.39, 0.29) is 17.8 Å². The van der Waals surface area contributed by atoms with Gasteiger partial charge in [-0.15, -0.1) is 5.73 Å². The summed E-state index contributed by atoms with van der Waals surface area (Å²) >= 11 is 2.00. The molecule has 1 rings (SSSR count). The van der Waals surface area contributed by atoms with Crippen molar-refractivity contribution >= 4 is 22.6 Å². The van der Waals surface area contributed by atoms with Crippen molar-refractivity contribution in [2.75, 3.05) is 7.11 Å². The van der Waals surface area contributed by atoms with Gasteiger partial charge in [0.1, 0.15) is 0 Å². The van der Waals surface area contributed by atoms with Crippen LogP contribution in [0.2, 0.25) is 0 Å². The summed E-state index contributed by atoms with van der Waals surface area (Å²) in [5, 5.41) is 29.9. The first-order valence-electron chi connectivity index (χ1n) is 7.59. The van der Waals surface area contributed by atoms with Crippen LogP contribution in [0, 0.1) is 9.49 Å². The predicted octanol–water partition coefficient (Wildman–Crippen LogP) is 3.94. The molecule has 5 heteroatoms. The van der Waals surface area contributed by atoms with E-state index in [1.807, 2.05) is 43.4 Å². The molecule has 0 amide bonds. The molecule has 0 radical (unpaired) electrons. The van der Waals surface area contributed by atoms with Crippen LogP contribution in [0.1, 0.15) is 45.3 Å². The number of methoxy groups -OCH3 is 1. The first-order chi connectivity index (χ1) is 10.8. The zero-order valence-corrected chi connectivity index (χ0v) is 16.2. The van der Waals surface area contributed by atoms with Gasteiger partial charge in [0.15, 0.2) is 11.5 Å². The molecule has 0 aliphatic carbocycles. The Morgan fingerprint density at radius 1 is 1.35 bits per heavy atom. The second kappa shape index (κ2) is 9.33. The second-order valence-corrected chi connectivity index (χ2v) is 7.11. The van der Waals surface area contributed by atoms with Crippen molar-refractivity contribution in [1.82, 2.24) is 0 Å². The maximum absolute atomic E-state index is 10.3. The number of aliphatic hydroxyl groups excluding tert-OH is 2. The maximum atomic E-state index is 10.3. The summed E-state index contributed by atoms with van der Waals surface area (Å²) in [6, 6.07) is 3.37. The molecular formula is C18H25IO4. The molecule has 0 spiro atoms. The van der Waals surface area contributed by atoms with Crippen LogP contribution in [0.4, 0.5) is 0 Å². The summed E-state index contributed by atoms with van der Waals surface area (Å²) in [4.78, 5) is 0.